The zero-order valence-corrected chi connectivity index (χ0v) is 16.0. The number of hydrogen-bond acceptors (Lipinski definition) is 5. The normalized spacial score (nSPS) is 18.9. The molecule has 3 heterocycles. The van der Waals surface area contributed by atoms with E-state index < -0.39 is 27.8 Å². The molecule has 0 saturated carbocycles. The number of piperidine rings is 1. The van der Waals surface area contributed by atoms with E-state index in [4.69, 9.17) is 5.73 Å². The van der Waals surface area contributed by atoms with E-state index in [9.17, 15) is 21.6 Å². The van der Waals surface area contributed by atoms with Gasteiger partial charge in [-0.2, -0.15) is 22.6 Å². The smallest absolute Gasteiger partial charge is 0.383 e. The van der Waals surface area contributed by atoms with Gasteiger partial charge >= 0.3 is 6.18 Å². The highest BCUT2D eigenvalue weighted by molar-refractivity contribution is 7.89. The molecule has 0 spiro atoms. The number of nitrogens with one attached hydrogen (secondary N) is 1. The minimum atomic E-state index is -4.69. The van der Waals surface area contributed by atoms with Crippen LogP contribution in [0, 0.1) is 0 Å². The van der Waals surface area contributed by atoms with Gasteiger partial charge in [-0.3, -0.25) is 5.10 Å². The third-order valence-electron chi connectivity index (χ3n) is 5.02. The Bertz CT molecular complexity index is 1150. The second-order valence-electron chi connectivity index (χ2n) is 6.87. The minimum absolute atomic E-state index is 0.00975. The van der Waals surface area contributed by atoms with E-state index in [0.717, 1.165) is 6.07 Å². The summed E-state index contributed by atoms with van der Waals surface area (Å²) in [6.07, 6.45) is -3.03. The number of sulfonamides is 1. The fourth-order valence-electron chi connectivity index (χ4n) is 3.68. The van der Waals surface area contributed by atoms with Crippen molar-refractivity contribution in [1.29, 1.82) is 0 Å². The molecule has 3 N–H and O–H groups in total. The van der Waals surface area contributed by atoms with Gasteiger partial charge in [-0.15, -0.1) is 0 Å². The van der Waals surface area contributed by atoms with Gasteiger partial charge in [-0.25, -0.2) is 13.4 Å². The highest BCUT2D eigenvalue weighted by Crippen LogP contribution is 2.40. The summed E-state index contributed by atoms with van der Waals surface area (Å²) in [5, 5.41) is 5.77. The number of benzene rings is 1. The summed E-state index contributed by atoms with van der Waals surface area (Å²) in [4.78, 5) is 4.31. The predicted molar refractivity (Wildman–Crippen MR) is 100 cm³/mol. The molecule has 1 unspecified atom stereocenters. The van der Waals surface area contributed by atoms with Gasteiger partial charge in [0.1, 0.15) is 5.82 Å². The molecule has 4 rings (SSSR count). The highest BCUT2D eigenvalue weighted by atomic mass is 32.2. The molecule has 7 nitrogen and oxygen atoms in total. The van der Waals surface area contributed by atoms with Crippen molar-refractivity contribution in [3.63, 3.8) is 0 Å². The number of nitrogens with two attached hydrogens (primary N) is 1. The van der Waals surface area contributed by atoms with Crippen molar-refractivity contribution in [3.8, 4) is 0 Å². The summed E-state index contributed by atoms with van der Waals surface area (Å²) in [5.41, 5.74) is 4.45. The van der Waals surface area contributed by atoms with Crippen molar-refractivity contribution in [3.05, 3.63) is 47.7 Å². The maximum Gasteiger partial charge on any atom is 0.417 e. The molecule has 1 aliphatic heterocycles. The van der Waals surface area contributed by atoms with Crippen LogP contribution < -0.4 is 5.73 Å². The van der Waals surface area contributed by atoms with Crippen LogP contribution in [0.1, 0.15) is 36.6 Å². The van der Waals surface area contributed by atoms with Crippen LogP contribution in [0.15, 0.2) is 41.3 Å². The van der Waals surface area contributed by atoms with E-state index >= 15 is 0 Å². The first-order valence-electron chi connectivity index (χ1n) is 8.98. The second-order valence-corrected chi connectivity index (χ2v) is 8.76. The molecule has 0 radical (unpaired) electrons. The van der Waals surface area contributed by atoms with E-state index in [1.807, 2.05) is 0 Å². The van der Waals surface area contributed by atoms with E-state index in [1.54, 1.807) is 18.2 Å². The largest absolute Gasteiger partial charge is 0.417 e. The first-order valence-corrected chi connectivity index (χ1v) is 10.4. The number of aromatic nitrogens is 3. The average Bonchev–Trinajstić information content (AvgIpc) is 3.08. The van der Waals surface area contributed by atoms with Crippen LogP contribution in [0.5, 0.6) is 0 Å². The molecule has 29 heavy (non-hydrogen) atoms. The molecule has 2 aromatic heterocycles. The molecule has 154 valence electrons. The number of aromatic amines is 1. The van der Waals surface area contributed by atoms with Gasteiger partial charge in [-0.1, -0.05) is 24.6 Å². The van der Waals surface area contributed by atoms with Crippen LogP contribution in [0.4, 0.5) is 19.0 Å². The van der Waals surface area contributed by atoms with Crippen LogP contribution >= 0.6 is 0 Å². The maximum atomic E-state index is 13.7. The van der Waals surface area contributed by atoms with Crippen molar-refractivity contribution in [2.45, 2.75) is 36.4 Å². The Kier molecular flexibility index (Phi) is 4.74. The lowest BCUT2D eigenvalue weighted by Crippen LogP contribution is -2.39. The first kappa shape index (κ1) is 19.6. The molecule has 1 fully saturated rings. The van der Waals surface area contributed by atoms with E-state index in [0.29, 0.717) is 19.3 Å². The molecule has 1 aliphatic rings. The average molecular weight is 425 g/mol. The lowest BCUT2D eigenvalue weighted by atomic mass is 9.99. The van der Waals surface area contributed by atoms with Gasteiger partial charge in [0.15, 0.2) is 5.65 Å². The molecule has 0 bridgehead atoms. The lowest BCUT2D eigenvalue weighted by Gasteiger charge is -2.34. The van der Waals surface area contributed by atoms with Crippen LogP contribution in [0.2, 0.25) is 0 Å². The SMILES string of the molecule is Nc1[nH]nc2nc(C3CCCCN3S(=O)(=O)c3ccccc3)cc(C(F)(F)F)c12. The Morgan fingerprint density at radius 1 is 1.17 bits per heavy atom. The summed E-state index contributed by atoms with van der Waals surface area (Å²) in [6, 6.07) is 7.89. The van der Waals surface area contributed by atoms with E-state index in [2.05, 4.69) is 15.2 Å². The Balaban J connectivity index is 1.85. The fraction of sp³-hybridized carbons (Fsp3) is 0.333. The minimum Gasteiger partial charge on any atom is -0.383 e. The Morgan fingerprint density at radius 2 is 1.90 bits per heavy atom. The van der Waals surface area contributed by atoms with Gasteiger partial charge in [0.2, 0.25) is 10.0 Å². The monoisotopic (exact) mass is 425 g/mol. The van der Waals surface area contributed by atoms with Crippen LogP contribution in [-0.2, 0) is 16.2 Å². The van der Waals surface area contributed by atoms with Crippen molar-refractivity contribution < 1.29 is 21.6 Å². The molecular weight excluding hydrogens is 407 g/mol. The van der Waals surface area contributed by atoms with Gasteiger partial charge in [-0.05, 0) is 31.0 Å². The lowest BCUT2D eigenvalue weighted by molar-refractivity contribution is -0.136. The van der Waals surface area contributed by atoms with E-state index in [-0.39, 0.29) is 34.0 Å². The molecule has 11 heteroatoms. The number of nitrogen functional groups attached to an aromatic ring is 1. The molecule has 0 aliphatic carbocycles. The third-order valence-corrected chi connectivity index (χ3v) is 6.94. The summed E-state index contributed by atoms with van der Waals surface area (Å²) in [7, 11) is -3.90. The Hall–Kier alpha value is -2.66. The molecule has 0 amide bonds. The summed E-state index contributed by atoms with van der Waals surface area (Å²) in [6.45, 7) is 0.200. The number of hydrogen-bond donors (Lipinski definition) is 2. The van der Waals surface area contributed by atoms with Crippen molar-refractivity contribution in [2.24, 2.45) is 0 Å². The Morgan fingerprint density at radius 3 is 2.59 bits per heavy atom. The number of nitrogens with zero attached hydrogens (tertiary/aromatic N) is 3. The molecular formula is C18H18F3N5O2S. The number of rotatable bonds is 3. The summed E-state index contributed by atoms with van der Waals surface area (Å²) >= 11 is 0. The number of alkyl halides is 3. The van der Waals surface area contributed by atoms with Crippen LogP contribution in [0.25, 0.3) is 11.0 Å². The van der Waals surface area contributed by atoms with Gasteiger partial charge in [0, 0.05) is 6.54 Å². The first-order chi connectivity index (χ1) is 13.7. The van der Waals surface area contributed by atoms with Crippen molar-refractivity contribution >= 4 is 26.9 Å². The second kappa shape index (κ2) is 6.99. The number of halogens is 3. The van der Waals surface area contributed by atoms with Gasteiger partial charge < -0.3 is 5.73 Å². The third kappa shape index (κ3) is 3.44. The quantitative estimate of drug-likeness (QED) is 0.669. The molecule has 1 aromatic carbocycles. The highest BCUT2D eigenvalue weighted by Gasteiger charge is 2.39. The molecule has 1 atom stereocenters. The predicted octanol–water partition coefficient (Wildman–Crippen LogP) is 3.47. The van der Waals surface area contributed by atoms with Crippen molar-refractivity contribution in [2.75, 3.05) is 12.3 Å². The van der Waals surface area contributed by atoms with Crippen LogP contribution in [-0.4, -0.2) is 34.4 Å². The van der Waals surface area contributed by atoms with Gasteiger partial charge in [0.25, 0.3) is 0 Å². The molecule has 1 saturated heterocycles. The topological polar surface area (TPSA) is 105 Å². The Labute approximate surface area is 164 Å². The summed E-state index contributed by atoms with van der Waals surface area (Å²) < 4.78 is 68.5. The molecule has 3 aromatic rings. The van der Waals surface area contributed by atoms with E-state index in [1.165, 1.54) is 16.4 Å². The standard InChI is InChI=1S/C18H18F3N5O2S/c19-18(20,21)12-10-13(23-17-15(12)16(22)24-25-17)14-8-4-5-9-26(14)29(27,28)11-6-2-1-3-7-11/h1-3,6-7,10,14H,4-5,8-9H2,(H3,22,23,24,25). The number of anilines is 1. The van der Waals surface area contributed by atoms with Crippen LogP contribution in [0.3, 0.4) is 0 Å². The zero-order valence-electron chi connectivity index (χ0n) is 15.1. The number of pyridine rings is 1. The number of fused-ring (bicyclic) bond motifs is 1. The summed E-state index contributed by atoms with van der Waals surface area (Å²) in [5.74, 6) is -0.233. The van der Waals surface area contributed by atoms with Gasteiger partial charge in [0.05, 0.1) is 27.6 Å². The maximum absolute atomic E-state index is 13.7. The number of H-pyrrole nitrogens is 1. The zero-order chi connectivity index (χ0) is 20.8. The van der Waals surface area contributed by atoms with Crippen molar-refractivity contribution in [1.82, 2.24) is 19.5 Å². The fourth-order valence-corrected chi connectivity index (χ4v) is 5.37.